The lowest BCUT2D eigenvalue weighted by molar-refractivity contribution is -0.111. The third-order valence-electron chi connectivity index (χ3n) is 6.83. The van der Waals surface area contributed by atoms with E-state index in [1.54, 1.807) is 13.3 Å². The Morgan fingerprint density at radius 3 is 2.72 bits per heavy atom. The third kappa shape index (κ3) is 5.69. The first-order chi connectivity index (χ1) is 19.0. The van der Waals surface area contributed by atoms with E-state index >= 15 is 0 Å². The Kier molecular flexibility index (Phi) is 7.71. The third-order valence-corrected chi connectivity index (χ3v) is 6.83. The minimum absolute atomic E-state index is 0.135. The average Bonchev–Trinajstić information content (AvgIpc) is 3.33. The number of rotatable bonds is 9. The van der Waals surface area contributed by atoms with E-state index in [-0.39, 0.29) is 12.5 Å². The molecule has 3 N–H and O–H groups in total. The van der Waals surface area contributed by atoms with E-state index in [4.69, 9.17) is 9.72 Å². The van der Waals surface area contributed by atoms with Gasteiger partial charge in [-0.1, -0.05) is 12.6 Å². The van der Waals surface area contributed by atoms with Crippen LogP contribution in [0.3, 0.4) is 0 Å². The molecule has 1 amide bonds. The number of aliphatic hydroxyl groups is 1. The Bertz CT molecular complexity index is 1490. The molecule has 0 radical (unpaired) electrons. The number of β-amino-alcohol motifs (C(OH)–C–C–N with tert-alkyl or cyclic N) is 1. The van der Waals surface area contributed by atoms with Crippen LogP contribution in [0.15, 0.2) is 61.4 Å². The van der Waals surface area contributed by atoms with E-state index in [0.717, 1.165) is 54.0 Å². The van der Waals surface area contributed by atoms with Gasteiger partial charge in [-0.05, 0) is 30.3 Å². The second-order valence-electron chi connectivity index (χ2n) is 9.25. The Hall–Kier alpha value is -4.48. The summed E-state index contributed by atoms with van der Waals surface area (Å²) >= 11 is 0. The maximum absolute atomic E-state index is 12.3. The molecule has 0 bridgehead atoms. The average molecular weight is 529 g/mol. The first-order valence-corrected chi connectivity index (χ1v) is 12.7. The maximum Gasteiger partial charge on any atom is 0.247 e. The molecule has 1 aliphatic rings. The molecular formula is C28H32N8O3. The summed E-state index contributed by atoms with van der Waals surface area (Å²) in [6.45, 7) is 7.49. The fourth-order valence-corrected chi connectivity index (χ4v) is 4.76. The molecule has 0 saturated carbocycles. The predicted molar refractivity (Wildman–Crippen MR) is 153 cm³/mol. The first kappa shape index (κ1) is 26.1. The fourth-order valence-electron chi connectivity index (χ4n) is 4.76. The molecule has 0 atom stereocenters. The van der Waals surface area contributed by atoms with Gasteiger partial charge in [0.1, 0.15) is 5.75 Å². The molecule has 3 heterocycles. The van der Waals surface area contributed by atoms with Gasteiger partial charge in [-0.2, -0.15) is 5.10 Å². The van der Waals surface area contributed by atoms with Crippen LogP contribution in [0, 0.1) is 0 Å². The number of ether oxygens (including phenoxy) is 1. The zero-order chi connectivity index (χ0) is 27.4. The van der Waals surface area contributed by atoms with Crippen LogP contribution in [0.25, 0.3) is 22.2 Å². The summed E-state index contributed by atoms with van der Waals surface area (Å²) in [4.78, 5) is 25.9. The van der Waals surface area contributed by atoms with E-state index in [0.29, 0.717) is 29.6 Å². The summed E-state index contributed by atoms with van der Waals surface area (Å²) in [7, 11) is 3.52. The van der Waals surface area contributed by atoms with Crippen LogP contribution in [-0.2, 0) is 11.8 Å². The molecule has 39 heavy (non-hydrogen) atoms. The van der Waals surface area contributed by atoms with Gasteiger partial charge >= 0.3 is 0 Å². The van der Waals surface area contributed by atoms with E-state index in [2.05, 4.69) is 37.1 Å². The molecule has 11 nitrogen and oxygen atoms in total. The summed E-state index contributed by atoms with van der Waals surface area (Å²) < 4.78 is 7.56. The van der Waals surface area contributed by atoms with Crippen molar-refractivity contribution >= 4 is 39.8 Å². The lowest BCUT2D eigenvalue weighted by Gasteiger charge is -2.37. The second kappa shape index (κ2) is 11.5. The SMILES string of the molecule is C=CC(=O)Nc1cc(Nc2nccc(-c3ccc4c(cnn4C)c3)n2)c(OC)cc1N1CCN(CCO)CC1. The van der Waals surface area contributed by atoms with Crippen LogP contribution < -0.4 is 20.3 Å². The number of piperazine rings is 1. The standard InChI is InChI=1S/C28H32N8O3/c1-4-27(38)31-22-16-23(26(39-3)17-25(22)36-11-9-35(10-12-36)13-14-37)33-28-29-8-7-21(32-28)19-5-6-24-20(15-19)18-30-34(24)2/h4-8,15-18,37H,1,9-14H2,2-3H3,(H,31,38)(H,29,32,33). The summed E-state index contributed by atoms with van der Waals surface area (Å²) in [5.74, 6) is 0.670. The van der Waals surface area contributed by atoms with Crippen LogP contribution in [-0.4, -0.2) is 82.1 Å². The van der Waals surface area contributed by atoms with Crippen molar-refractivity contribution in [2.75, 3.05) is 62.0 Å². The Balaban J connectivity index is 1.45. The van der Waals surface area contributed by atoms with Gasteiger partial charge in [0.15, 0.2) is 0 Å². The lowest BCUT2D eigenvalue weighted by atomic mass is 10.1. The van der Waals surface area contributed by atoms with Crippen molar-refractivity contribution in [1.82, 2.24) is 24.6 Å². The van der Waals surface area contributed by atoms with Crippen LogP contribution in [0.5, 0.6) is 5.75 Å². The van der Waals surface area contributed by atoms with Crippen LogP contribution in [0.1, 0.15) is 0 Å². The number of amides is 1. The van der Waals surface area contributed by atoms with Crippen molar-refractivity contribution in [2.45, 2.75) is 0 Å². The summed E-state index contributed by atoms with van der Waals surface area (Å²) in [5, 5.41) is 20.8. The van der Waals surface area contributed by atoms with Crippen molar-refractivity contribution < 1.29 is 14.6 Å². The fraction of sp³-hybridized carbons (Fsp3) is 0.286. The normalized spacial score (nSPS) is 13.9. The zero-order valence-electron chi connectivity index (χ0n) is 22.1. The van der Waals surface area contributed by atoms with Gasteiger partial charge in [0.05, 0.1) is 48.2 Å². The molecule has 2 aromatic carbocycles. The number of aryl methyl sites for hydroxylation is 1. The molecule has 0 unspecified atom stereocenters. The van der Waals surface area contributed by atoms with Gasteiger partial charge in [0.2, 0.25) is 11.9 Å². The Morgan fingerprint density at radius 1 is 1.15 bits per heavy atom. The number of nitrogens with zero attached hydrogens (tertiary/aromatic N) is 6. The molecule has 2 aromatic heterocycles. The van der Waals surface area contributed by atoms with Crippen molar-refractivity contribution in [3.8, 4) is 17.0 Å². The molecule has 11 heteroatoms. The smallest absolute Gasteiger partial charge is 0.247 e. The number of nitrogens with one attached hydrogen (secondary N) is 2. The number of aliphatic hydroxyl groups excluding tert-OH is 1. The van der Waals surface area contributed by atoms with Gasteiger partial charge in [0, 0.05) is 63.0 Å². The molecular weight excluding hydrogens is 496 g/mol. The van der Waals surface area contributed by atoms with Gasteiger partial charge < -0.3 is 25.4 Å². The number of carbonyl (C=O) groups is 1. The highest BCUT2D eigenvalue weighted by molar-refractivity contribution is 6.02. The van der Waals surface area contributed by atoms with Gasteiger partial charge in [-0.15, -0.1) is 0 Å². The van der Waals surface area contributed by atoms with E-state index < -0.39 is 0 Å². The summed E-state index contributed by atoms with van der Waals surface area (Å²) in [5.41, 5.74) is 4.82. The van der Waals surface area contributed by atoms with Crippen LogP contribution in [0.2, 0.25) is 0 Å². The molecule has 0 spiro atoms. The van der Waals surface area contributed by atoms with Crippen molar-refractivity contribution in [1.29, 1.82) is 0 Å². The molecule has 5 rings (SSSR count). The Morgan fingerprint density at radius 2 is 1.97 bits per heavy atom. The zero-order valence-corrected chi connectivity index (χ0v) is 22.1. The van der Waals surface area contributed by atoms with Crippen molar-refractivity contribution in [3.05, 3.63) is 61.4 Å². The van der Waals surface area contributed by atoms with Gasteiger partial charge in [-0.25, -0.2) is 9.97 Å². The number of carbonyl (C=O) groups excluding carboxylic acids is 1. The number of anilines is 4. The van der Waals surface area contributed by atoms with Crippen LogP contribution in [0.4, 0.5) is 23.0 Å². The molecule has 1 saturated heterocycles. The number of methoxy groups -OCH3 is 1. The monoisotopic (exact) mass is 528 g/mol. The number of hydrogen-bond donors (Lipinski definition) is 3. The number of fused-ring (bicyclic) bond motifs is 1. The topological polar surface area (TPSA) is 121 Å². The lowest BCUT2D eigenvalue weighted by Crippen LogP contribution is -2.47. The molecule has 0 aliphatic carbocycles. The number of aromatic nitrogens is 4. The Labute approximate surface area is 226 Å². The summed E-state index contributed by atoms with van der Waals surface area (Å²) in [6, 6.07) is 11.7. The second-order valence-corrected chi connectivity index (χ2v) is 9.25. The van der Waals surface area contributed by atoms with Gasteiger partial charge in [-0.3, -0.25) is 14.4 Å². The number of benzene rings is 2. The highest BCUT2D eigenvalue weighted by atomic mass is 16.5. The minimum atomic E-state index is -0.310. The predicted octanol–water partition coefficient (Wildman–Crippen LogP) is 3.02. The molecule has 1 fully saturated rings. The maximum atomic E-state index is 12.3. The van der Waals surface area contributed by atoms with E-state index in [9.17, 15) is 9.90 Å². The molecule has 202 valence electrons. The van der Waals surface area contributed by atoms with E-state index in [1.807, 2.05) is 54.3 Å². The largest absolute Gasteiger partial charge is 0.494 e. The van der Waals surface area contributed by atoms with Gasteiger partial charge in [0.25, 0.3) is 0 Å². The quantitative estimate of drug-likeness (QED) is 0.282. The van der Waals surface area contributed by atoms with Crippen molar-refractivity contribution in [3.63, 3.8) is 0 Å². The first-order valence-electron chi connectivity index (χ1n) is 12.7. The highest BCUT2D eigenvalue weighted by Gasteiger charge is 2.22. The van der Waals surface area contributed by atoms with Crippen LogP contribution >= 0.6 is 0 Å². The van der Waals surface area contributed by atoms with E-state index in [1.165, 1.54) is 6.08 Å². The molecule has 4 aromatic rings. The highest BCUT2D eigenvalue weighted by Crippen LogP contribution is 2.39. The number of hydrogen-bond acceptors (Lipinski definition) is 9. The molecule has 1 aliphatic heterocycles. The summed E-state index contributed by atoms with van der Waals surface area (Å²) in [6.07, 6.45) is 4.77. The van der Waals surface area contributed by atoms with Crippen molar-refractivity contribution in [2.24, 2.45) is 7.05 Å². The minimum Gasteiger partial charge on any atom is -0.494 e.